The fraction of sp³-hybridized carbons (Fsp3) is 0.400. The van der Waals surface area contributed by atoms with Crippen molar-refractivity contribution in [2.24, 2.45) is 10.8 Å². The van der Waals surface area contributed by atoms with Crippen LogP contribution in [0, 0.1) is 0 Å². The molecule has 0 atom stereocenters. The van der Waals surface area contributed by atoms with Gasteiger partial charge in [-0.2, -0.15) is 0 Å². The van der Waals surface area contributed by atoms with E-state index in [1.807, 2.05) is 0 Å². The summed E-state index contributed by atoms with van der Waals surface area (Å²) in [5.41, 5.74) is 2.26. The normalized spacial score (nSPS) is 13.0. The van der Waals surface area contributed by atoms with E-state index in [1.165, 1.54) is 6.08 Å². The van der Waals surface area contributed by atoms with Crippen LogP contribution in [0.15, 0.2) is 16.9 Å². The molecule has 0 radical (unpaired) electrons. The summed E-state index contributed by atoms with van der Waals surface area (Å²) in [6.07, 6.45) is 2.43. The Morgan fingerprint density at radius 2 is 2.56 bits per heavy atom. The number of rotatable bonds is 3. The Morgan fingerprint density at radius 1 is 1.89 bits per heavy atom. The molecule has 0 aromatic rings. The first-order valence-corrected chi connectivity index (χ1v) is 2.56. The second-order valence-electron chi connectivity index (χ2n) is 1.35. The molecule has 3 nitrogen and oxygen atoms in total. The highest BCUT2D eigenvalue weighted by atomic mass is 19.1. The highest BCUT2D eigenvalue weighted by Gasteiger charge is 1.80. The molecule has 0 unspecified atom stereocenters. The van der Waals surface area contributed by atoms with E-state index in [0.29, 0.717) is 0 Å². The molecule has 0 aromatic heterocycles. The van der Waals surface area contributed by atoms with Crippen LogP contribution in [0.25, 0.3) is 0 Å². The number of hydrazine groups is 1. The van der Waals surface area contributed by atoms with Gasteiger partial charge in [-0.15, -0.1) is 0 Å². The Bertz CT molecular complexity index is 119. The van der Waals surface area contributed by atoms with Crippen molar-refractivity contribution in [1.29, 1.82) is 0 Å². The minimum atomic E-state index is -0.356. The Labute approximate surface area is 53.4 Å². The van der Waals surface area contributed by atoms with Crippen molar-refractivity contribution in [1.82, 2.24) is 5.43 Å². The van der Waals surface area contributed by atoms with E-state index in [2.05, 4.69) is 10.4 Å². The summed E-state index contributed by atoms with van der Waals surface area (Å²) in [5.74, 6) is 4.49. The summed E-state index contributed by atoms with van der Waals surface area (Å²) in [6, 6.07) is 0. The van der Waals surface area contributed by atoms with Gasteiger partial charge < -0.3 is 0 Å². The molecule has 0 spiro atoms. The Morgan fingerprint density at radius 3 is 3.00 bits per heavy atom. The van der Waals surface area contributed by atoms with Gasteiger partial charge in [0.25, 0.3) is 0 Å². The average Bonchev–Trinajstić information content (AvgIpc) is 1.89. The van der Waals surface area contributed by atoms with E-state index in [-0.39, 0.29) is 12.5 Å². The van der Waals surface area contributed by atoms with E-state index >= 15 is 0 Å². The van der Waals surface area contributed by atoms with Crippen LogP contribution in [0.2, 0.25) is 0 Å². The number of nitrogens with one attached hydrogen (secondary N) is 1. The predicted octanol–water partition coefficient (Wildman–Crippen LogP) is 0.351. The number of nitrogens with two attached hydrogens (primary N) is 1. The van der Waals surface area contributed by atoms with Gasteiger partial charge in [-0.05, 0) is 6.92 Å². The molecule has 0 heterocycles. The Kier molecular flexibility index (Phi) is 4.95. The molecule has 0 aromatic carbocycles. The number of halogens is 1. The number of hydrogen-bond donors (Lipinski definition) is 2. The van der Waals surface area contributed by atoms with Crippen molar-refractivity contribution in [3.8, 4) is 0 Å². The van der Waals surface area contributed by atoms with Crippen LogP contribution in [0.5, 0.6) is 0 Å². The maximum Gasteiger partial charge on any atom is 0.136 e. The first-order chi connectivity index (χ1) is 4.31. The highest BCUT2D eigenvalue weighted by molar-refractivity contribution is 5.75. The van der Waals surface area contributed by atoms with Gasteiger partial charge in [-0.1, -0.05) is 6.08 Å². The lowest BCUT2D eigenvalue weighted by Gasteiger charge is -1.86. The summed E-state index contributed by atoms with van der Waals surface area (Å²) < 4.78 is 12.1. The van der Waals surface area contributed by atoms with Crippen molar-refractivity contribution in [3.05, 3.63) is 11.9 Å². The first kappa shape index (κ1) is 8.26. The molecular weight excluding hydrogens is 121 g/mol. The maximum atomic E-state index is 12.1. The SMILES string of the molecule is C/C=C(/F)C=NCNN. The van der Waals surface area contributed by atoms with Crippen molar-refractivity contribution < 1.29 is 4.39 Å². The minimum Gasteiger partial charge on any atom is -0.274 e. The molecule has 9 heavy (non-hydrogen) atoms. The van der Waals surface area contributed by atoms with Crippen LogP contribution in [-0.2, 0) is 0 Å². The topological polar surface area (TPSA) is 50.4 Å². The van der Waals surface area contributed by atoms with Crippen molar-refractivity contribution in [2.45, 2.75) is 6.92 Å². The molecule has 0 rings (SSSR count). The Hall–Kier alpha value is -0.740. The van der Waals surface area contributed by atoms with Crippen LogP contribution < -0.4 is 11.3 Å². The van der Waals surface area contributed by atoms with Crippen LogP contribution in [-0.4, -0.2) is 12.9 Å². The van der Waals surface area contributed by atoms with Crippen LogP contribution in [0.1, 0.15) is 6.92 Å². The van der Waals surface area contributed by atoms with Gasteiger partial charge in [0.05, 0.1) is 6.21 Å². The average molecular weight is 131 g/mol. The van der Waals surface area contributed by atoms with Gasteiger partial charge in [-0.3, -0.25) is 10.8 Å². The fourth-order valence-corrected chi connectivity index (χ4v) is 0.260. The summed E-state index contributed by atoms with van der Waals surface area (Å²) in [6.45, 7) is 1.83. The first-order valence-electron chi connectivity index (χ1n) is 2.56. The van der Waals surface area contributed by atoms with E-state index in [1.54, 1.807) is 6.92 Å². The van der Waals surface area contributed by atoms with Crippen molar-refractivity contribution in [2.75, 3.05) is 6.67 Å². The quantitative estimate of drug-likeness (QED) is 0.330. The lowest BCUT2D eigenvalue weighted by molar-refractivity contribution is 0.680. The standard InChI is InChI=1S/C5H10FN3/c1-2-5(6)3-8-4-9-7/h2-3,9H,4,7H2,1H3/b5-2+,8-3?. The zero-order valence-electron chi connectivity index (χ0n) is 5.26. The van der Waals surface area contributed by atoms with E-state index < -0.39 is 0 Å². The van der Waals surface area contributed by atoms with Crippen molar-refractivity contribution in [3.63, 3.8) is 0 Å². The summed E-state index contributed by atoms with van der Waals surface area (Å²) in [4.78, 5) is 3.56. The van der Waals surface area contributed by atoms with Gasteiger partial charge in [0.1, 0.15) is 12.5 Å². The molecule has 0 saturated heterocycles. The molecule has 0 amide bonds. The van der Waals surface area contributed by atoms with Crippen LogP contribution in [0.4, 0.5) is 4.39 Å². The molecule has 4 heteroatoms. The second-order valence-corrected chi connectivity index (χ2v) is 1.35. The summed E-state index contributed by atoms with van der Waals surface area (Å²) in [7, 11) is 0. The maximum absolute atomic E-state index is 12.1. The molecule has 52 valence electrons. The zero-order chi connectivity index (χ0) is 7.11. The van der Waals surface area contributed by atoms with Gasteiger partial charge in [-0.25, -0.2) is 9.82 Å². The van der Waals surface area contributed by atoms with E-state index in [4.69, 9.17) is 5.84 Å². The molecule has 0 aliphatic carbocycles. The molecule has 0 aliphatic rings. The van der Waals surface area contributed by atoms with E-state index in [9.17, 15) is 4.39 Å². The molecule has 0 aliphatic heterocycles. The third kappa shape index (κ3) is 5.13. The lowest BCUT2D eigenvalue weighted by Crippen LogP contribution is -2.21. The van der Waals surface area contributed by atoms with Gasteiger partial charge in [0, 0.05) is 0 Å². The summed E-state index contributed by atoms with van der Waals surface area (Å²) >= 11 is 0. The van der Waals surface area contributed by atoms with Gasteiger partial charge >= 0.3 is 0 Å². The largest absolute Gasteiger partial charge is 0.274 e. The van der Waals surface area contributed by atoms with Gasteiger partial charge in [0.15, 0.2) is 0 Å². The molecule has 0 fully saturated rings. The van der Waals surface area contributed by atoms with Crippen molar-refractivity contribution >= 4 is 6.21 Å². The van der Waals surface area contributed by atoms with E-state index in [0.717, 1.165) is 6.21 Å². The molecule has 0 saturated carbocycles. The monoisotopic (exact) mass is 131 g/mol. The Balaban J connectivity index is 3.45. The number of aliphatic imine (C=N–C) groups is 1. The number of nitrogens with zero attached hydrogens (tertiary/aromatic N) is 1. The number of allylic oxidation sites excluding steroid dienone is 2. The highest BCUT2D eigenvalue weighted by Crippen LogP contribution is 1.88. The lowest BCUT2D eigenvalue weighted by atomic mass is 10.5. The zero-order valence-corrected chi connectivity index (χ0v) is 5.26. The molecular formula is C5H10FN3. The number of hydrogen-bond acceptors (Lipinski definition) is 3. The second kappa shape index (κ2) is 5.40. The fourth-order valence-electron chi connectivity index (χ4n) is 0.260. The summed E-state index contributed by atoms with van der Waals surface area (Å²) in [5, 5.41) is 0. The van der Waals surface area contributed by atoms with Crippen LogP contribution in [0.3, 0.4) is 0 Å². The third-order valence-electron chi connectivity index (χ3n) is 0.673. The predicted molar refractivity (Wildman–Crippen MR) is 35.5 cm³/mol. The third-order valence-corrected chi connectivity index (χ3v) is 0.673. The molecule has 0 bridgehead atoms. The van der Waals surface area contributed by atoms with Crippen LogP contribution >= 0.6 is 0 Å². The molecule has 3 N–H and O–H groups in total. The smallest absolute Gasteiger partial charge is 0.136 e. The van der Waals surface area contributed by atoms with Gasteiger partial charge in [0.2, 0.25) is 0 Å². The minimum absolute atomic E-state index is 0.237.